The van der Waals surface area contributed by atoms with E-state index < -0.39 is 22.5 Å². The Balaban J connectivity index is 1.88. The van der Waals surface area contributed by atoms with Crippen molar-refractivity contribution in [3.8, 4) is 0 Å². The van der Waals surface area contributed by atoms with E-state index in [2.05, 4.69) is 10.5 Å². The summed E-state index contributed by atoms with van der Waals surface area (Å²) in [6.07, 6.45) is 1.35. The largest absolute Gasteiger partial charge is 0.271 e. The molecule has 33 heavy (non-hydrogen) atoms. The summed E-state index contributed by atoms with van der Waals surface area (Å²) in [6, 6.07) is 16.0. The Kier molecular flexibility index (Phi) is 8.02. The lowest BCUT2D eigenvalue weighted by Crippen LogP contribution is -2.40. The molecule has 3 aromatic rings. The second-order valence-corrected chi connectivity index (χ2v) is 10.4. The Morgan fingerprint density at radius 2 is 1.61 bits per heavy atom. The number of aryl methyl sites for hydroxylation is 2. The summed E-state index contributed by atoms with van der Waals surface area (Å²) in [7, 11) is -4.05. The molecule has 6 nitrogen and oxygen atoms in total. The van der Waals surface area contributed by atoms with Gasteiger partial charge in [0.15, 0.2) is 0 Å². The molecule has 0 aliphatic rings. The molecule has 0 bridgehead atoms. The van der Waals surface area contributed by atoms with Crippen LogP contribution in [0.3, 0.4) is 0 Å². The van der Waals surface area contributed by atoms with E-state index in [0.717, 1.165) is 9.87 Å². The molecule has 3 aromatic carbocycles. The highest BCUT2D eigenvalue weighted by Gasteiger charge is 2.28. The van der Waals surface area contributed by atoms with Crippen molar-refractivity contribution in [3.63, 3.8) is 0 Å². The first kappa shape index (κ1) is 25.1. The zero-order valence-corrected chi connectivity index (χ0v) is 20.8. The molecular formula is C23H20Cl3N3O3S. The van der Waals surface area contributed by atoms with Crippen LogP contribution in [0.2, 0.25) is 15.1 Å². The maximum atomic E-state index is 13.4. The van der Waals surface area contributed by atoms with Crippen molar-refractivity contribution in [2.75, 3.05) is 10.8 Å². The number of rotatable bonds is 7. The molecule has 0 unspecified atom stereocenters. The lowest BCUT2D eigenvalue weighted by Gasteiger charge is -2.25. The van der Waals surface area contributed by atoms with Gasteiger partial charge in [0.25, 0.3) is 15.9 Å². The molecular weight excluding hydrogens is 505 g/mol. The van der Waals surface area contributed by atoms with Gasteiger partial charge in [-0.1, -0.05) is 58.6 Å². The van der Waals surface area contributed by atoms with Crippen molar-refractivity contribution < 1.29 is 13.2 Å². The van der Waals surface area contributed by atoms with Crippen molar-refractivity contribution in [2.45, 2.75) is 18.7 Å². The number of hydrogen-bond donors (Lipinski definition) is 1. The smallest absolute Gasteiger partial charge is 0.264 e. The fourth-order valence-corrected chi connectivity index (χ4v) is 5.15. The first-order valence-corrected chi connectivity index (χ1v) is 12.3. The Labute approximate surface area is 207 Å². The predicted octanol–water partition coefficient (Wildman–Crippen LogP) is 5.61. The number of hydrogen-bond acceptors (Lipinski definition) is 4. The van der Waals surface area contributed by atoms with Gasteiger partial charge in [0, 0.05) is 15.6 Å². The molecule has 0 fully saturated rings. The van der Waals surface area contributed by atoms with E-state index in [1.54, 1.807) is 55.5 Å². The summed E-state index contributed by atoms with van der Waals surface area (Å²) in [5.74, 6) is -0.638. The van der Waals surface area contributed by atoms with Crippen LogP contribution in [0.25, 0.3) is 0 Å². The summed E-state index contributed by atoms with van der Waals surface area (Å²) < 4.78 is 27.9. The molecule has 0 aliphatic carbocycles. The van der Waals surface area contributed by atoms with Crippen LogP contribution in [0.4, 0.5) is 5.69 Å². The van der Waals surface area contributed by atoms with Gasteiger partial charge in [0.2, 0.25) is 0 Å². The van der Waals surface area contributed by atoms with Crippen LogP contribution in [-0.4, -0.2) is 27.1 Å². The molecule has 0 aliphatic heterocycles. The van der Waals surface area contributed by atoms with Crippen molar-refractivity contribution in [1.29, 1.82) is 0 Å². The summed E-state index contributed by atoms with van der Waals surface area (Å²) >= 11 is 18.0. The predicted molar refractivity (Wildman–Crippen MR) is 134 cm³/mol. The zero-order valence-electron chi connectivity index (χ0n) is 17.7. The third kappa shape index (κ3) is 6.26. The van der Waals surface area contributed by atoms with Crippen molar-refractivity contribution in [3.05, 3.63) is 92.4 Å². The van der Waals surface area contributed by atoms with Crippen LogP contribution in [0.5, 0.6) is 0 Å². The highest BCUT2D eigenvalue weighted by atomic mass is 35.5. The number of sulfonamides is 1. The van der Waals surface area contributed by atoms with Crippen LogP contribution >= 0.6 is 34.8 Å². The van der Waals surface area contributed by atoms with Crippen LogP contribution in [-0.2, 0) is 14.8 Å². The first-order valence-electron chi connectivity index (χ1n) is 9.70. The summed E-state index contributed by atoms with van der Waals surface area (Å²) in [5, 5.41) is 5.17. The molecule has 0 radical (unpaired) electrons. The number of hydrazone groups is 1. The number of carbonyl (C=O) groups excluding carboxylic acids is 1. The minimum atomic E-state index is -4.05. The van der Waals surface area contributed by atoms with Gasteiger partial charge >= 0.3 is 0 Å². The van der Waals surface area contributed by atoms with E-state index in [1.165, 1.54) is 18.3 Å². The highest BCUT2D eigenvalue weighted by molar-refractivity contribution is 7.92. The van der Waals surface area contributed by atoms with Gasteiger partial charge in [-0.15, -0.1) is 0 Å². The average molecular weight is 525 g/mol. The number of amides is 1. The molecule has 1 amide bonds. The van der Waals surface area contributed by atoms with E-state index in [9.17, 15) is 13.2 Å². The minimum absolute atomic E-state index is 0.0618. The topological polar surface area (TPSA) is 78.8 Å². The molecule has 0 atom stereocenters. The van der Waals surface area contributed by atoms with E-state index in [4.69, 9.17) is 34.8 Å². The molecule has 3 rings (SSSR count). The first-order chi connectivity index (χ1) is 15.6. The number of benzene rings is 3. The average Bonchev–Trinajstić information content (AvgIpc) is 2.74. The zero-order chi connectivity index (χ0) is 24.2. The monoisotopic (exact) mass is 523 g/mol. The number of nitrogens with one attached hydrogen (secondary N) is 1. The molecule has 0 heterocycles. The third-order valence-electron chi connectivity index (χ3n) is 4.68. The van der Waals surface area contributed by atoms with Crippen molar-refractivity contribution >= 4 is 62.6 Å². The Bertz CT molecular complexity index is 1310. The Morgan fingerprint density at radius 3 is 2.24 bits per heavy atom. The second kappa shape index (κ2) is 10.6. The lowest BCUT2D eigenvalue weighted by molar-refractivity contribution is -0.119. The van der Waals surface area contributed by atoms with Crippen LogP contribution in [0, 0.1) is 13.8 Å². The van der Waals surface area contributed by atoms with E-state index in [0.29, 0.717) is 31.9 Å². The number of anilines is 1. The summed E-state index contributed by atoms with van der Waals surface area (Å²) in [6.45, 7) is 3.08. The maximum absolute atomic E-state index is 13.4. The molecule has 0 spiro atoms. The number of carbonyl (C=O) groups is 1. The van der Waals surface area contributed by atoms with Crippen LogP contribution < -0.4 is 9.73 Å². The molecule has 0 saturated heterocycles. The van der Waals surface area contributed by atoms with Crippen LogP contribution in [0.1, 0.15) is 16.7 Å². The van der Waals surface area contributed by atoms with Gasteiger partial charge in [-0.05, 0) is 61.9 Å². The second-order valence-electron chi connectivity index (χ2n) is 7.21. The van der Waals surface area contributed by atoms with Gasteiger partial charge in [0.05, 0.1) is 21.8 Å². The Morgan fingerprint density at radius 1 is 0.970 bits per heavy atom. The molecule has 0 aromatic heterocycles. The fourth-order valence-electron chi connectivity index (χ4n) is 2.98. The summed E-state index contributed by atoms with van der Waals surface area (Å²) in [4.78, 5) is 12.7. The van der Waals surface area contributed by atoms with Crippen molar-refractivity contribution in [1.82, 2.24) is 5.43 Å². The summed E-state index contributed by atoms with van der Waals surface area (Å²) in [5.41, 5.74) is 4.73. The van der Waals surface area contributed by atoms with Gasteiger partial charge in [-0.25, -0.2) is 13.8 Å². The third-order valence-corrected chi connectivity index (χ3v) is 7.25. The van der Waals surface area contributed by atoms with Crippen LogP contribution in [0.15, 0.2) is 70.7 Å². The minimum Gasteiger partial charge on any atom is -0.271 e. The van der Waals surface area contributed by atoms with Gasteiger partial charge < -0.3 is 0 Å². The van der Waals surface area contributed by atoms with E-state index in [1.807, 2.05) is 6.92 Å². The molecule has 0 saturated carbocycles. The number of nitrogens with zero attached hydrogens (tertiary/aromatic N) is 2. The number of halogens is 3. The van der Waals surface area contributed by atoms with Crippen molar-refractivity contribution in [2.24, 2.45) is 5.10 Å². The normalized spacial score (nSPS) is 11.5. The molecule has 172 valence electrons. The van der Waals surface area contributed by atoms with E-state index in [-0.39, 0.29) is 4.90 Å². The highest BCUT2D eigenvalue weighted by Crippen LogP contribution is 2.29. The fraction of sp³-hybridized carbons (Fsp3) is 0.130. The van der Waals surface area contributed by atoms with Gasteiger partial charge in [-0.3, -0.25) is 9.10 Å². The van der Waals surface area contributed by atoms with Gasteiger partial charge in [-0.2, -0.15) is 5.10 Å². The Hall–Kier alpha value is -2.58. The molecule has 10 heteroatoms. The molecule has 1 N–H and O–H groups in total. The SMILES string of the molecule is Cc1ccc(S(=O)(=O)N(CC(=O)NN=Cc2ccc(Cl)cc2Cl)c2ccc(Cl)cc2C)cc1. The standard InChI is InChI=1S/C23H20Cl3N3O3S/c1-15-3-8-20(9-4-15)33(31,32)29(22-10-7-18(24)11-16(22)2)14-23(30)28-27-13-17-5-6-19(25)12-21(17)26/h3-13H,14H2,1-2H3,(H,28,30). The lowest BCUT2D eigenvalue weighted by atomic mass is 10.2. The maximum Gasteiger partial charge on any atom is 0.264 e. The quantitative estimate of drug-likeness (QED) is 0.322. The van der Waals surface area contributed by atoms with E-state index >= 15 is 0 Å². The van der Waals surface area contributed by atoms with Gasteiger partial charge in [0.1, 0.15) is 6.54 Å².